The molecule has 1 atom stereocenters. The topological polar surface area (TPSA) is 43.4 Å². The molecule has 1 aliphatic heterocycles. The highest BCUT2D eigenvalue weighted by atomic mass is 16.7. The number of likely N-dealkylation sites (N-methyl/N-ethyl adjacent to an activating group) is 1. The third-order valence-corrected chi connectivity index (χ3v) is 2.76. The second-order valence-corrected chi connectivity index (χ2v) is 3.92. The molecule has 2 heterocycles. The lowest BCUT2D eigenvalue weighted by atomic mass is 10.1. The van der Waals surface area contributed by atoms with Gasteiger partial charge in [-0.15, -0.1) is 0 Å². The molecule has 0 bridgehead atoms. The summed E-state index contributed by atoms with van der Waals surface area (Å²) < 4.78 is 10.9. The third kappa shape index (κ3) is 3.27. The number of nitrogens with one attached hydrogen (secondary N) is 1. The van der Waals surface area contributed by atoms with Crippen LogP contribution in [-0.4, -0.2) is 37.6 Å². The monoisotopic (exact) mass is 222 g/mol. The number of pyridine rings is 1. The zero-order valence-electron chi connectivity index (χ0n) is 9.56. The Hall–Kier alpha value is -0.970. The summed E-state index contributed by atoms with van der Waals surface area (Å²) in [6.07, 6.45) is 3.54. The quantitative estimate of drug-likeness (QED) is 0.806. The van der Waals surface area contributed by atoms with E-state index in [9.17, 15) is 0 Å². The van der Waals surface area contributed by atoms with Gasteiger partial charge in [0.25, 0.3) is 0 Å². The fourth-order valence-electron chi connectivity index (χ4n) is 1.85. The maximum atomic E-state index is 5.44. The highest BCUT2D eigenvalue weighted by Crippen LogP contribution is 2.12. The summed E-state index contributed by atoms with van der Waals surface area (Å²) in [4.78, 5) is 4.32. The van der Waals surface area contributed by atoms with E-state index in [1.165, 1.54) is 0 Å². The summed E-state index contributed by atoms with van der Waals surface area (Å²) in [5.74, 6) is 0. The molecule has 0 aliphatic carbocycles. The fourth-order valence-corrected chi connectivity index (χ4v) is 1.85. The summed E-state index contributed by atoms with van der Waals surface area (Å²) in [7, 11) is 1.96. The van der Waals surface area contributed by atoms with Gasteiger partial charge in [-0.1, -0.05) is 6.07 Å². The zero-order valence-corrected chi connectivity index (χ0v) is 9.56. The van der Waals surface area contributed by atoms with Gasteiger partial charge in [-0.25, -0.2) is 0 Å². The van der Waals surface area contributed by atoms with Crippen molar-refractivity contribution in [1.82, 2.24) is 10.3 Å². The van der Waals surface area contributed by atoms with Gasteiger partial charge < -0.3 is 14.8 Å². The van der Waals surface area contributed by atoms with Gasteiger partial charge in [-0.2, -0.15) is 0 Å². The van der Waals surface area contributed by atoms with Crippen LogP contribution < -0.4 is 5.32 Å². The SMILES string of the molecule is CNC(Cc1ccccn1)CC1OCCO1. The van der Waals surface area contributed by atoms with E-state index in [1.54, 1.807) is 0 Å². The van der Waals surface area contributed by atoms with E-state index in [1.807, 2.05) is 31.4 Å². The molecule has 1 N–H and O–H groups in total. The number of aromatic nitrogens is 1. The van der Waals surface area contributed by atoms with Crippen LogP contribution in [0.3, 0.4) is 0 Å². The molecule has 1 unspecified atom stereocenters. The van der Waals surface area contributed by atoms with Crippen LogP contribution in [0.25, 0.3) is 0 Å². The predicted octanol–water partition coefficient (Wildman–Crippen LogP) is 0.975. The molecule has 1 aromatic heterocycles. The average molecular weight is 222 g/mol. The summed E-state index contributed by atoms with van der Waals surface area (Å²) in [5.41, 5.74) is 1.10. The van der Waals surface area contributed by atoms with Crippen molar-refractivity contribution in [1.29, 1.82) is 0 Å². The molecule has 0 spiro atoms. The Balaban J connectivity index is 1.85. The maximum Gasteiger partial charge on any atom is 0.159 e. The van der Waals surface area contributed by atoms with Crippen molar-refractivity contribution in [2.45, 2.75) is 25.2 Å². The van der Waals surface area contributed by atoms with Gasteiger partial charge in [0.1, 0.15) is 0 Å². The summed E-state index contributed by atoms with van der Waals surface area (Å²) in [6, 6.07) is 6.33. The average Bonchev–Trinajstić information content (AvgIpc) is 2.82. The lowest BCUT2D eigenvalue weighted by molar-refractivity contribution is -0.0523. The van der Waals surface area contributed by atoms with Crippen LogP contribution in [0.1, 0.15) is 12.1 Å². The van der Waals surface area contributed by atoms with Crippen LogP contribution in [-0.2, 0) is 15.9 Å². The first-order valence-electron chi connectivity index (χ1n) is 5.69. The Labute approximate surface area is 96.0 Å². The van der Waals surface area contributed by atoms with Crippen LogP contribution in [0.4, 0.5) is 0 Å². The smallest absolute Gasteiger partial charge is 0.159 e. The van der Waals surface area contributed by atoms with E-state index in [4.69, 9.17) is 9.47 Å². The van der Waals surface area contributed by atoms with Crippen molar-refractivity contribution in [2.75, 3.05) is 20.3 Å². The summed E-state index contributed by atoms with van der Waals surface area (Å²) >= 11 is 0. The van der Waals surface area contributed by atoms with Gasteiger partial charge in [0, 0.05) is 30.8 Å². The molecular weight excluding hydrogens is 204 g/mol. The van der Waals surface area contributed by atoms with E-state index >= 15 is 0 Å². The van der Waals surface area contributed by atoms with E-state index in [2.05, 4.69) is 10.3 Å². The van der Waals surface area contributed by atoms with Crippen LogP contribution in [0.15, 0.2) is 24.4 Å². The minimum absolute atomic E-state index is 0.0545. The third-order valence-electron chi connectivity index (χ3n) is 2.76. The fraction of sp³-hybridized carbons (Fsp3) is 0.583. The molecule has 4 nitrogen and oxygen atoms in total. The Morgan fingerprint density at radius 2 is 2.25 bits per heavy atom. The first-order valence-corrected chi connectivity index (χ1v) is 5.69. The van der Waals surface area contributed by atoms with E-state index in [0.717, 1.165) is 18.5 Å². The van der Waals surface area contributed by atoms with Gasteiger partial charge in [-0.05, 0) is 19.2 Å². The molecule has 4 heteroatoms. The second-order valence-electron chi connectivity index (χ2n) is 3.92. The number of ether oxygens (including phenoxy) is 2. The summed E-state index contributed by atoms with van der Waals surface area (Å²) in [6.45, 7) is 1.43. The molecule has 1 aromatic rings. The molecule has 88 valence electrons. The number of hydrogen-bond acceptors (Lipinski definition) is 4. The molecule has 1 saturated heterocycles. The van der Waals surface area contributed by atoms with Crippen molar-refractivity contribution < 1.29 is 9.47 Å². The molecule has 1 aliphatic rings. The molecule has 0 radical (unpaired) electrons. The molecule has 0 aromatic carbocycles. The Kier molecular flexibility index (Phi) is 4.27. The minimum Gasteiger partial charge on any atom is -0.350 e. The second kappa shape index (κ2) is 5.94. The number of rotatable bonds is 5. The Morgan fingerprint density at radius 3 is 2.88 bits per heavy atom. The highest BCUT2D eigenvalue weighted by molar-refractivity contribution is 5.05. The van der Waals surface area contributed by atoms with E-state index < -0.39 is 0 Å². The van der Waals surface area contributed by atoms with Crippen LogP contribution >= 0.6 is 0 Å². The number of hydrogen-bond donors (Lipinski definition) is 1. The first kappa shape index (κ1) is 11.5. The number of nitrogens with zero attached hydrogens (tertiary/aromatic N) is 1. The Morgan fingerprint density at radius 1 is 1.44 bits per heavy atom. The molecule has 1 fully saturated rings. The van der Waals surface area contributed by atoms with Gasteiger partial charge >= 0.3 is 0 Å². The lowest BCUT2D eigenvalue weighted by Gasteiger charge is -2.18. The van der Waals surface area contributed by atoms with Gasteiger partial charge in [0.15, 0.2) is 6.29 Å². The van der Waals surface area contributed by atoms with Crippen molar-refractivity contribution in [3.05, 3.63) is 30.1 Å². The molecule has 0 saturated carbocycles. The minimum atomic E-state index is -0.0545. The van der Waals surface area contributed by atoms with Crippen LogP contribution in [0.5, 0.6) is 0 Å². The van der Waals surface area contributed by atoms with Crippen molar-refractivity contribution in [2.24, 2.45) is 0 Å². The summed E-state index contributed by atoms with van der Waals surface area (Å²) in [5, 5.41) is 3.28. The molecule has 0 amide bonds. The van der Waals surface area contributed by atoms with Gasteiger partial charge in [-0.3, -0.25) is 4.98 Å². The molecule has 16 heavy (non-hydrogen) atoms. The first-order chi connectivity index (χ1) is 7.88. The van der Waals surface area contributed by atoms with Crippen molar-refractivity contribution in [3.8, 4) is 0 Å². The highest BCUT2D eigenvalue weighted by Gasteiger charge is 2.20. The van der Waals surface area contributed by atoms with E-state index in [0.29, 0.717) is 19.3 Å². The van der Waals surface area contributed by atoms with Gasteiger partial charge in [0.2, 0.25) is 0 Å². The largest absolute Gasteiger partial charge is 0.350 e. The Bertz CT molecular complexity index is 299. The predicted molar refractivity (Wildman–Crippen MR) is 61.1 cm³/mol. The zero-order chi connectivity index (χ0) is 11.2. The molecule has 2 rings (SSSR count). The van der Waals surface area contributed by atoms with Crippen LogP contribution in [0.2, 0.25) is 0 Å². The molecular formula is C12H18N2O2. The van der Waals surface area contributed by atoms with Crippen molar-refractivity contribution >= 4 is 0 Å². The van der Waals surface area contributed by atoms with Gasteiger partial charge in [0.05, 0.1) is 13.2 Å². The lowest BCUT2D eigenvalue weighted by Crippen LogP contribution is -2.32. The normalized spacial score (nSPS) is 18.8. The van der Waals surface area contributed by atoms with Crippen molar-refractivity contribution in [3.63, 3.8) is 0 Å². The van der Waals surface area contributed by atoms with E-state index in [-0.39, 0.29) is 6.29 Å². The maximum absolute atomic E-state index is 5.44. The standard InChI is InChI=1S/C12H18N2O2/c1-13-11(9-12-15-6-7-16-12)8-10-4-2-3-5-14-10/h2-5,11-13H,6-9H2,1H3. The van der Waals surface area contributed by atoms with Crippen LogP contribution in [0, 0.1) is 0 Å².